The molecule has 1 unspecified atom stereocenters. The predicted molar refractivity (Wildman–Crippen MR) is 71.7 cm³/mol. The SMILES string of the molecule is O=C(O)c1ccc(C2CNCCS2(O)O)cc1Cl. The van der Waals surface area contributed by atoms with Gasteiger partial charge in [0.05, 0.1) is 21.6 Å². The van der Waals surface area contributed by atoms with Gasteiger partial charge in [0, 0.05) is 13.1 Å². The van der Waals surface area contributed by atoms with Gasteiger partial charge in [0.1, 0.15) is 0 Å². The van der Waals surface area contributed by atoms with E-state index in [-0.39, 0.29) is 10.6 Å². The molecule has 1 saturated heterocycles. The molecule has 0 aliphatic carbocycles. The molecule has 18 heavy (non-hydrogen) atoms. The van der Waals surface area contributed by atoms with E-state index in [2.05, 4.69) is 5.32 Å². The lowest BCUT2D eigenvalue weighted by Crippen LogP contribution is -2.36. The van der Waals surface area contributed by atoms with Crippen LogP contribution in [0, 0.1) is 0 Å². The molecule has 0 saturated carbocycles. The molecule has 1 aromatic rings. The normalized spacial score (nSPS) is 24.5. The molecular formula is C11H14ClNO4S. The van der Waals surface area contributed by atoms with Crippen molar-refractivity contribution in [1.82, 2.24) is 5.32 Å². The Kier molecular flexibility index (Phi) is 3.84. The quantitative estimate of drug-likeness (QED) is 0.672. The van der Waals surface area contributed by atoms with Gasteiger partial charge in [0.15, 0.2) is 0 Å². The summed E-state index contributed by atoms with van der Waals surface area (Å²) < 4.78 is 20.0. The van der Waals surface area contributed by atoms with E-state index >= 15 is 0 Å². The maximum Gasteiger partial charge on any atom is 0.337 e. The Morgan fingerprint density at radius 2 is 2.17 bits per heavy atom. The minimum atomic E-state index is -2.70. The van der Waals surface area contributed by atoms with Crippen molar-refractivity contribution in [1.29, 1.82) is 0 Å². The maximum absolute atomic E-state index is 10.8. The van der Waals surface area contributed by atoms with Crippen LogP contribution in [-0.4, -0.2) is 39.0 Å². The molecule has 4 N–H and O–H groups in total. The van der Waals surface area contributed by atoms with Crippen molar-refractivity contribution in [3.63, 3.8) is 0 Å². The Bertz CT molecular complexity index is 480. The van der Waals surface area contributed by atoms with E-state index < -0.39 is 21.8 Å². The maximum atomic E-state index is 10.8. The van der Waals surface area contributed by atoms with E-state index in [1.54, 1.807) is 6.07 Å². The summed E-state index contributed by atoms with van der Waals surface area (Å²) in [5.41, 5.74) is 0.665. The molecule has 0 amide bonds. The zero-order valence-electron chi connectivity index (χ0n) is 9.47. The second-order valence-electron chi connectivity index (χ2n) is 4.16. The van der Waals surface area contributed by atoms with Gasteiger partial charge in [0.25, 0.3) is 0 Å². The highest BCUT2D eigenvalue weighted by atomic mass is 35.5. The van der Waals surface area contributed by atoms with Crippen molar-refractivity contribution in [3.8, 4) is 0 Å². The monoisotopic (exact) mass is 291 g/mol. The Hall–Kier alpha value is -0.790. The second-order valence-corrected chi connectivity index (χ2v) is 6.98. The van der Waals surface area contributed by atoms with Gasteiger partial charge in [-0.05, 0) is 17.7 Å². The highest BCUT2D eigenvalue weighted by Crippen LogP contribution is 2.54. The summed E-state index contributed by atoms with van der Waals surface area (Å²) >= 11 is 5.88. The molecule has 0 spiro atoms. The number of carboxylic acid groups (broad SMARTS) is 1. The van der Waals surface area contributed by atoms with Crippen molar-refractivity contribution in [2.45, 2.75) is 5.25 Å². The molecule has 1 fully saturated rings. The number of hydrogen-bond acceptors (Lipinski definition) is 4. The molecule has 5 nitrogen and oxygen atoms in total. The molecule has 1 aliphatic heterocycles. The van der Waals surface area contributed by atoms with Crippen molar-refractivity contribution in [2.75, 3.05) is 18.8 Å². The molecule has 1 aromatic carbocycles. The number of aromatic carboxylic acids is 1. The summed E-state index contributed by atoms with van der Waals surface area (Å²) in [5.74, 6) is -0.796. The first-order valence-corrected chi connectivity index (χ1v) is 7.56. The lowest BCUT2D eigenvalue weighted by Gasteiger charge is -2.44. The molecule has 1 aliphatic rings. The summed E-state index contributed by atoms with van der Waals surface area (Å²) in [6.45, 7) is 1.02. The average molecular weight is 292 g/mol. The number of carboxylic acids is 1. The van der Waals surface area contributed by atoms with Gasteiger partial charge < -0.3 is 10.4 Å². The van der Waals surface area contributed by atoms with Crippen LogP contribution in [0.25, 0.3) is 0 Å². The number of hydrogen-bond donors (Lipinski definition) is 4. The van der Waals surface area contributed by atoms with Gasteiger partial charge in [-0.15, -0.1) is 0 Å². The van der Waals surface area contributed by atoms with Crippen LogP contribution in [0.4, 0.5) is 0 Å². The third-order valence-corrected chi connectivity index (χ3v) is 5.43. The Morgan fingerprint density at radius 3 is 2.72 bits per heavy atom. The first-order valence-electron chi connectivity index (χ1n) is 5.40. The van der Waals surface area contributed by atoms with Crippen LogP contribution < -0.4 is 5.32 Å². The highest BCUT2D eigenvalue weighted by molar-refractivity contribution is 8.24. The zero-order valence-corrected chi connectivity index (χ0v) is 11.0. The summed E-state index contributed by atoms with van der Waals surface area (Å²) in [7, 11) is -2.70. The topological polar surface area (TPSA) is 89.8 Å². The van der Waals surface area contributed by atoms with Gasteiger partial charge >= 0.3 is 5.97 Å². The fourth-order valence-corrected chi connectivity index (χ4v) is 3.94. The van der Waals surface area contributed by atoms with Crippen LogP contribution in [0.5, 0.6) is 0 Å². The van der Waals surface area contributed by atoms with Crippen LogP contribution in [-0.2, 0) is 0 Å². The first-order chi connectivity index (χ1) is 8.42. The van der Waals surface area contributed by atoms with Gasteiger partial charge in [-0.25, -0.2) is 4.79 Å². The summed E-state index contributed by atoms with van der Waals surface area (Å²) in [6.07, 6.45) is 0. The number of halogens is 1. The fraction of sp³-hybridized carbons (Fsp3) is 0.364. The Balaban J connectivity index is 2.34. The van der Waals surface area contributed by atoms with Crippen LogP contribution >= 0.6 is 22.2 Å². The second kappa shape index (κ2) is 5.07. The van der Waals surface area contributed by atoms with Gasteiger partial charge in [0.2, 0.25) is 0 Å². The van der Waals surface area contributed by atoms with E-state index in [1.165, 1.54) is 12.1 Å². The molecular weight excluding hydrogens is 278 g/mol. The molecule has 2 rings (SSSR count). The first kappa shape index (κ1) is 13.6. The lowest BCUT2D eigenvalue weighted by molar-refractivity contribution is 0.0697. The van der Waals surface area contributed by atoms with Crippen molar-refractivity contribution < 1.29 is 19.0 Å². The van der Waals surface area contributed by atoms with Gasteiger partial charge in [-0.3, -0.25) is 9.11 Å². The number of rotatable bonds is 2. The molecule has 1 heterocycles. The van der Waals surface area contributed by atoms with Crippen molar-refractivity contribution in [3.05, 3.63) is 34.3 Å². The van der Waals surface area contributed by atoms with Crippen LogP contribution in [0.3, 0.4) is 0 Å². The molecule has 0 aromatic heterocycles. The van der Waals surface area contributed by atoms with E-state index in [0.29, 0.717) is 24.4 Å². The third-order valence-electron chi connectivity index (χ3n) is 2.96. The molecule has 0 bridgehead atoms. The molecule has 1 atom stereocenters. The van der Waals surface area contributed by atoms with Gasteiger partial charge in [-0.1, -0.05) is 17.7 Å². The third kappa shape index (κ3) is 2.62. The zero-order chi connectivity index (χ0) is 13.3. The molecule has 7 heteroatoms. The minimum absolute atomic E-state index is 0.0145. The highest BCUT2D eigenvalue weighted by Gasteiger charge is 2.30. The number of nitrogens with one attached hydrogen (secondary N) is 1. The average Bonchev–Trinajstić information content (AvgIpc) is 2.27. The van der Waals surface area contributed by atoms with E-state index in [0.717, 1.165) is 0 Å². The van der Waals surface area contributed by atoms with Crippen LogP contribution in [0.15, 0.2) is 18.2 Å². The standard InChI is InChI=1S/C11H14ClNO4S/c12-9-5-7(1-2-8(9)11(14)15)10-6-13-3-4-18(10,16)17/h1-2,5,10,13,16-17H,3-4,6H2,(H,14,15). The summed E-state index contributed by atoms with van der Waals surface area (Å²) in [4.78, 5) is 10.8. The largest absolute Gasteiger partial charge is 0.478 e. The smallest absolute Gasteiger partial charge is 0.337 e. The van der Waals surface area contributed by atoms with Crippen LogP contribution in [0.2, 0.25) is 5.02 Å². The number of benzene rings is 1. The van der Waals surface area contributed by atoms with Crippen LogP contribution in [0.1, 0.15) is 21.2 Å². The Morgan fingerprint density at radius 1 is 1.44 bits per heavy atom. The Labute approximate surface area is 111 Å². The minimum Gasteiger partial charge on any atom is -0.478 e. The van der Waals surface area contributed by atoms with Crippen molar-refractivity contribution in [2.24, 2.45) is 0 Å². The lowest BCUT2D eigenvalue weighted by atomic mass is 10.1. The van der Waals surface area contributed by atoms with Gasteiger partial charge in [-0.2, -0.15) is 10.6 Å². The van der Waals surface area contributed by atoms with E-state index in [9.17, 15) is 13.9 Å². The summed E-state index contributed by atoms with van der Waals surface area (Å²) in [6, 6.07) is 4.47. The summed E-state index contributed by atoms with van der Waals surface area (Å²) in [5, 5.41) is 11.6. The van der Waals surface area contributed by atoms with Crippen molar-refractivity contribution >= 4 is 28.2 Å². The molecule has 100 valence electrons. The predicted octanol–water partition coefficient (Wildman–Crippen LogP) is 2.43. The van der Waals surface area contributed by atoms with E-state index in [1.807, 2.05) is 0 Å². The molecule has 0 radical (unpaired) electrons. The van der Waals surface area contributed by atoms with E-state index in [4.69, 9.17) is 16.7 Å². The number of carbonyl (C=O) groups is 1. The fourth-order valence-electron chi connectivity index (χ4n) is 1.97.